The van der Waals surface area contributed by atoms with E-state index in [1.54, 1.807) is 12.1 Å². The lowest BCUT2D eigenvalue weighted by atomic mass is 10.2. The van der Waals surface area contributed by atoms with Crippen molar-refractivity contribution >= 4 is 11.7 Å². The van der Waals surface area contributed by atoms with Crippen LogP contribution in [-0.2, 0) is 0 Å². The Morgan fingerprint density at radius 1 is 1.23 bits per heavy atom. The van der Waals surface area contributed by atoms with E-state index in [1.165, 1.54) is 0 Å². The molecule has 3 heteroatoms. The minimum Gasteiger partial charge on any atom is -0.351 e. The van der Waals surface area contributed by atoms with Crippen molar-refractivity contribution in [1.82, 2.24) is 0 Å². The average molecular weight is 180 g/mol. The van der Waals surface area contributed by atoms with Gasteiger partial charge in [0.05, 0.1) is 0 Å². The fourth-order valence-electron chi connectivity index (χ4n) is 0.779. The molecule has 13 heavy (non-hydrogen) atoms. The number of primary amides is 1. The van der Waals surface area contributed by atoms with E-state index in [1.807, 2.05) is 32.9 Å². The molecule has 0 unspecified atom stereocenters. The van der Waals surface area contributed by atoms with Crippen LogP contribution in [0, 0.1) is 6.92 Å². The third-order valence-electron chi connectivity index (χ3n) is 1.32. The molecule has 1 aromatic carbocycles. The van der Waals surface area contributed by atoms with Crippen LogP contribution in [0.15, 0.2) is 24.3 Å². The third kappa shape index (κ3) is 4.85. The smallest absolute Gasteiger partial charge is 0.316 e. The van der Waals surface area contributed by atoms with Gasteiger partial charge < -0.3 is 11.1 Å². The quantitative estimate of drug-likeness (QED) is 0.685. The molecule has 1 rings (SSSR count). The summed E-state index contributed by atoms with van der Waals surface area (Å²) in [7, 11) is 0. The molecule has 1 aromatic rings. The standard InChI is InChI=1S/C8H10N2O.C2H6/c1-6-2-4-7(5-3-6)10-8(9)11;1-2/h2-5H,1H3,(H3,9,10,11);1-2H3. The molecule has 0 aliphatic carbocycles. The van der Waals surface area contributed by atoms with Gasteiger partial charge in [0.2, 0.25) is 0 Å². The third-order valence-corrected chi connectivity index (χ3v) is 1.32. The number of hydrogen-bond acceptors (Lipinski definition) is 1. The van der Waals surface area contributed by atoms with Crippen LogP contribution in [0.1, 0.15) is 19.4 Å². The molecule has 0 radical (unpaired) electrons. The predicted octanol–water partition coefficient (Wildman–Crippen LogP) is 2.51. The highest BCUT2D eigenvalue weighted by Gasteiger charge is 1.92. The summed E-state index contributed by atoms with van der Waals surface area (Å²) in [4.78, 5) is 10.4. The SMILES string of the molecule is CC.Cc1ccc(NC(N)=O)cc1. The highest BCUT2D eigenvalue weighted by molar-refractivity contribution is 5.87. The molecule has 0 saturated carbocycles. The second-order valence-corrected chi connectivity index (χ2v) is 2.36. The first-order chi connectivity index (χ1) is 6.18. The Labute approximate surface area is 78.9 Å². The number of carbonyl (C=O) groups excluding carboxylic acids is 1. The Bertz CT molecular complexity index is 254. The van der Waals surface area contributed by atoms with Crippen LogP contribution in [0.25, 0.3) is 0 Å². The van der Waals surface area contributed by atoms with Crippen molar-refractivity contribution in [3.63, 3.8) is 0 Å². The van der Waals surface area contributed by atoms with Gasteiger partial charge in [0, 0.05) is 5.69 Å². The number of benzene rings is 1. The molecular formula is C10H16N2O. The van der Waals surface area contributed by atoms with Gasteiger partial charge in [-0.05, 0) is 19.1 Å². The van der Waals surface area contributed by atoms with Gasteiger partial charge in [0.25, 0.3) is 0 Å². The topological polar surface area (TPSA) is 55.1 Å². The van der Waals surface area contributed by atoms with Gasteiger partial charge in [-0.15, -0.1) is 0 Å². The van der Waals surface area contributed by atoms with Crippen molar-refractivity contribution in [2.75, 3.05) is 5.32 Å². The van der Waals surface area contributed by atoms with Crippen molar-refractivity contribution < 1.29 is 4.79 Å². The number of nitrogens with one attached hydrogen (secondary N) is 1. The Balaban J connectivity index is 0.000000671. The van der Waals surface area contributed by atoms with E-state index in [0.29, 0.717) is 0 Å². The molecule has 0 atom stereocenters. The van der Waals surface area contributed by atoms with E-state index in [9.17, 15) is 4.79 Å². The molecule has 0 bridgehead atoms. The minimum atomic E-state index is -0.533. The molecule has 0 saturated heterocycles. The first-order valence-electron chi connectivity index (χ1n) is 4.31. The molecule has 0 heterocycles. The molecule has 3 nitrogen and oxygen atoms in total. The van der Waals surface area contributed by atoms with Gasteiger partial charge in [-0.1, -0.05) is 31.5 Å². The molecule has 0 aliphatic rings. The van der Waals surface area contributed by atoms with Crippen molar-refractivity contribution in [2.45, 2.75) is 20.8 Å². The second kappa shape index (κ2) is 6.06. The van der Waals surface area contributed by atoms with E-state index in [4.69, 9.17) is 5.73 Å². The highest BCUT2D eigenvalue weighted by atomic mass is 16.2. The Morgan fingerprint density at radius 3 is 2.08 bits per heavy atom. The summed E-state index contributed by atoms with van der Waals surface area (Å²) < 4.78 is 0. The van der Waals surface area contributed by atoms with Crippen molar-refractivity contribution in [2.24, 2.45) is 5.73 Å². The number of carbonyl (C=O) groups is 1. The number of rotatable bonds is 1. The zero-order valence-corrected chi connectivity index (χ0v) is 8.29. The summed E-state index contributed by atoms with van der Waals surface area (Å²) >= 11 is 0. The summed E-state index contributed by atoms with van der Waals surface area (Å²) in [5.74, 6) is 0. The van der Waals surface area contributed by atoms with Gasteiger partial charge in [-0.2, -0.15) is 0 Å². The van der Waals surface area contributed by atoms with E-state index in [0.717, 1.165) is 11.3 Å². The lowest BCUT2D eigenvalue weighted by Crippen LogP contribution is -2.19. The molecule has 0 fully saturated rings. The monoisotopic (exact) mass is 180 g/mol. The number of aryl methyl sites for hydroxylation is 1. The van der Waals surface area contributed by atoms with Crippen LogP contribution in [0.2, 0.25) is 0 Å². The normalized spacial score (nSPS) is 8.23. The largest absolute Gasteiger partial charge is 0.351 e. The van der Waals surface area contributed by atoms with Crippen molar-refractivity contribution in [1.29, 1.82) is 0 Å². The van der Waals surface area contributed by atoms with E-state index in [-0.39, 0.29) is 0 Å². The maximum absolute atomic E-state index is 10.4. The van der Waals surface area contributed by atoms with Crippen molar-refractivity contribution in [3.8, 4) is 0 Å². The van der Waals surface area contributed by atoms with Gasteiger partial charge in [0.15, 0.2) is 0 Å². The summed E-state index contributed by atoms with van der Waals surface area (Å²) in [6.07, 6.45) is 0. The van der Waals surface area contributed by atoms with Crippen LogP contribution >= 0.6 is 0 Å². The highest BCUT2D eigenvalue weighted by Crippen LogP contribution is 2.07. The Kier molecular flexibility index (Phi) is 5.35. The molecule has 3 N–H and O–H groups in total. The first kappa shape index (κ1) is 11.5. The van der Waals surface area contributed by atoms with E-state index in [2.05, 4.69) is 5.32 Å². The maximum atomic E-state index is 10.4. The summed E-state index contributed by atoms with van der Waals surface area (Å²) in [5, 5.41) is 2.47. The van der Waals surface area contributed by atoms with Crippen LogP contribution in [0.3, 0.4) is 0 Å². The van der Waals surface area contributed by atoms with Gasteiger partial charge in [0.1, 0.15) is 0 Å². The van der Waals surface area contributed by atoms with Crippen LogP contribution < -0.4 is 11.1 Å². The van der Waals surface area contributed by atoms with Crippen LogP contribution in [0.4, 0.5) is 10.5 Å². The maximum Gasteiger partial charge on any atom is 0.316 e. The lowest BCUT2D eigenvalue weighted by Gasteiger charge is -2.00. The molecular weight excluding hydrogens is 164 g/mol. The zero-order chi connectivity index (χ0) is 10.3. The summed E-state index contributed by atoms with van der Waals surface area (Å²) in [6.45, 7) is 5.98. The van der Waals surface area contributed by atoms with Crippen LogP contribution in [-0.4, -0.2) is 6.03 Å². The molecule has 0 aliphatic heterocycles. The number of anilines is 1. The second-order valence-electron chi connectivity index (χ2n) is 2.36. The van der Waals surface area contributed by atoms with Crippen molar-refractivity contribution in [3.05, 3.63) is 29.8 Å². The van der Waals surface area contributed by atoms with E-state index >= 15 is 0 Å². The lowest BCUT2D eigenvalue weighted by molar-refractivity contribution is 0.259. The molecule has 0 aromatic heterocycles. The molecule has 0 spiro atoms. The Morgan fingerprint density at radius 2 is 1.69 bits per heavy atom. The van der Waals surface area contributed by atoms with Gasteiger partial charge >= 0.3 is 6.03 Å². The molecule has 2 amide bonds. The fraction of sp³-hybridized carbons (Fsp3) is 0.300. The number of nitrogens with two attached hydrogens (primary N) is 1. The molecule has 72 valence electrons. The summed E-state index contributed by atoms with van der Waals surface area (Å²) in [5.41, 5.74) is 6.79. The first-order valence-corrected chi connectivity index (χ1v) is 4.31. The zero-order valence-electron chi connectivity index (χ0n) is 8.29. The number of amides is 2. The van der Waals surface area contributed by atoms with Gasteiger partial charge in [-0.3, -0.25) is 0 Å². The number of urea groups is 1. The number of hydrogen-bond donors (Lipinski definition) is 2. The fourth-order valence-corrected chi connectivity index (χ4v) is 0.779. The Hall–Kier alpha value is -1.51. The average Bonchev–Trinajstić information content (AvgIpc) is 2.12. The van der Waals surface area contributed by atoms with Crippen LogP contribution in [0.5, 0.6) is 0 Å². The predicted molar refractivity (Wildman–Crippen MR) is 55.7 cm³/mol. The van der Waals surface area contributed by atoms with Gasteiger partial charge in [-0.25, -0.2) is 4.79 Å². The summed E-state index contributed by atoms with van der Waals surface area (Å²) in [6, 6.07) is 6.89. The van der Waals surface area contributed by atoms with E-state index < -0.39 is 6.03 Å². The minimum absolute atomic E-state index is 0.533.